The number of ether oxygens (including phenoxy) is 1. The van der Waals surface area contributed by atoms with Gasteiger partial charge < -0.3 is 10.5 Å². The number of aromatic nitrogens is 4. The van der Waals surface area contributed by atoms with Gasteiger partial charge in [-0.3, -0.25) is 9.48 Å². The molecule has 0 aliphatic rings. The molecule has 8 nitrogen and oxygen atoms in total. The fraction of sp³-hybridized carbons (Fsp3) is 0.222. The lowest BCUT2D eigenvalue weighted by atomic mass is 10.1. The highest BCUT2D eigenvalue weighted by molar-refractivity contribution is 5.68. The standard InChI is InChI=1S/C18H19N5O3/c1-12(2)23-11-14(10-20-23)22-7-6-17(24)16(21-22)9-13-4-3-5-15(8-13)26-18(19)25/h3-8,10-12H,9H2,1-2H3,(H2,19,25). The molecule has 1 amide bonds. The maximum atomic E-state index is 12.2. The molecule has 0 spiro atoms. The Balaban J connectivity index is 1.88. The number of rotatable bonds is 5. The van der Waals surface area contributed by atoms with Crippen molar-refractivity contribution in [1.82, 2.24) is 19.6 Å². The van der Waals surface area contributed by atoms with Crippen LogP contribution in [0.15, 0.2) is 53.7 Å². The van der Waals surface area contributed by atoms with Gasteiger partial charge in [-0.25, -0.2) is 9.48 Å². The largest absolute Gasteiger partial charge is 0.410 e. The van der Waals surface area contributed by atoms with Crippen molar-refractivity contribution in [2.24, 2.45) is 5.73 Å². The predicted molar refractivity (Wildman–Crippen MR) is 95.5 cm³/mol. The van der Waals surface area contributed by atoms with Crippen LogP contribution in [0.1, 0.15) is 31.1 Å². The van der Waals surface area contributed by atoms with E-state index in [1.54, 1.807) is 35.3 Å². The Labute approximate surface area is 149 Å². The summed E-state index contributed by atoms with van der Waals surface area (Å²) in [5.74, 6) is 0.324. The molecule has 0 bridgehead atoms. The highest BCUT2D eigenvalue weighted by atomic mass is 16.5. The summed E-state index contributed by atoms with van der Waals surface area (Å²) in [5.41, 5.74) is 6.78. The van der Waals surface area contributed by atoms with Crippen LogP contribution >= 0.6 is 0 Å². The fourth-order valence-electron chi connectivity index (χ4n) is 2.47. The lowest BCUT2D eigenvalue weighted by Crippen LogP contribution is -2.17. The summed E-state index contributed by atoms with van der Waals surface area (Å²) in [7, 11) is 0. The van der Waals surface area contributed by atoms with Gasteiger partial charge in [-0.1, -0.05) is 12.1 Å². The predicted octanol–water partition coefficient (Wildman–Crippen LogP) is 2.06. The molecule has 0 atom stereocenters. The molecule has 0 fully saturated rings. The summed E-state index contributed by atoms with van der Waals surface area (Å²) in [5, 5.41) is 8.70. The number of primary amides is 1. The van der Waals surface area contributed by atoms with Gasteiger partial charge in [0.05, 0.1) is 12.4 Å². The molecular formula is C18H19N5O3. The maximum absolute atomic E-state index is 12.2. The van der Waals surface area contributed by atoms with Crippen molar-refractivity contribution in [2.45, 2.75) is 26.3 Å². The third-order valence-electron chi connectivity index (χ3n) is 3.75. The Morgan fingerprint density at radius 3 is 2.81 bits per heavy atom. The average Bonchev–Trinajstić information content (AvgIpc) is 3.07. The minimum atomic E-state index is -0.885. The number of hydrogen-bond donors (Lipinski definition) is 1. The van der Waals surface area contributed by atoms with Crippen molar-refractivity contribution in [1.29, 1.82) is 0 Å². The third-order valence-corrected chi connectivity index (χ3v) is 3.75. The molecular weight excluding hydrogens is 334 g/mol. The Morgan fingerprint density at radius 1 is 1.31 bits per heavy atom. The quantitative estimate of drug-likeness (QED) is 0.756. The number of amides is 1. The molecule has 3 rings (SSSR count). The van der Waals surface area contributed by atoms with E-state index in [0.717, 1.165) is 11.3 Å². The molecule has 1 aromatic carbocycles. The molecule has 0 saturated heterocycles. The number of hydrogen-bond acceptors (Lipinski definition) is 5. The van der Waals surface area contributed by atoms with E-state index in [1.807, 2.05) is 30.8 Å². The van der Waals surface area contributed by atoms with Gasteiger partial charge in [0.1, 0.15) is 17.1 Å². The first-order valence-corrected chi connectivity index (χ1v) is 8.12. The number of benzene rings is 1. The van der Waals surface area contributed by atoms with Crippen molar-refractivity contribution < 1.29 is 9.53 Å². The lowest BCUT2D eigenvalue weighted by Gasteiger charge is -2.07. The molecule has 2 heterocycles. The average molecular weight is 353 g/mol. The number of nitrogens with zero attached hydrogens (tertiary/aromatic N) is 4. The molecule has 26 heavy (non-hydrogen) atoms. The molecule has 8 heteroatoms. The van der Waals surface area contributed by atoms with Gasteiger partial charge in [0, 0.05) is 24.7 Å². The monoisotopic (exact) mass is 353 g/mol. The van der Waals surface area contributed by atoms with E-state index in [2.05, 4.69) is 10.2 Å². The lowest BCUT2D eigenvalue weighted by molar-refractivity contribution is 0.211. The third kappa shape index (κ3) is 3.97. The van der Waals surface area contributed by atoms with Crippen molar-refractivity contribution >= 4 is 6.09 Å². The van der Waals surface area contributed by atoms with Crippen LogP contribution in [0.5, 0.6) is 5.75 Å². The smallest absolute Gasteiger partial charge is 0.409 e. The van der Waals surface area contributed by atoms with Crippen molar-refractivity contribution in [3.05, 3.63) is 70.4 Å². The molecule has 3 aromatic rings. The van der Waals surface area contributed by atoms with Crippen molar-refractivity contribution in [2.75, 3.05) is 0 Å². The van der Waals surface area contributed by atoms with Gasteiger partial charge in [-0.2, -0.15) is 10.2 Å². The summed E-state index contributed by atoms with van der Waals surface area (Å²) >= 11 is 0. The van der Waals surface area contributed by atoms with E-state index >= 15 is 0 Å². The summed E-state index contributed by atoms with van der Waals surface area (Å²) < 4.78 is 8.30. The zero-order chi connectivity index (χ0) is 18.7. The highest BCUT2D eigenvalue weighted by Gasteiger charge is 2.09. The van der Waals surface area contributed by atoms with Crippen LogP contribution in [0.3, 0.4) is 0 Å². The van der Waals surface area contributed by atoms with Gasteiger partial charge in [0.25, 0.3) is 0 Å². The topological polar surface area (TPSA) is 105 Å². The molecule has 2 N–H and O–H groups in total. The van der Waals surface area contributed by atoms with Gasteiger partial charge >= 0.3 is 6.09 Å². The zero-order valence-electron chi connectivity index (χ0n) is 14.5. The first kappa shape index (κ1) is 17.4. The summed E-state index contributed by atoms with van der Waals surface area (Å²) in [6, 6.07) is 8.52. The second-order valence-corrected chi connectivity index (χ2v) is 6.09. The minimum absolute atomic E-state index is 0.168. The van der Waals surface area contributed by atoms with Gasteiger partial charge in [-0.15, -0.1) is 0 Å². The van der Waals surface area contributed by atoms with Crippen LogP contribution in [0.2, 0.25) is 0 Å². The molecule has 134 valence electrons. The molecule has 0 aliphatic carbocycles. The van der Waals surface area contributed by atoms with E-state index in [4.69, 9.17) is 10.5 Å². The summed E-state index contributed by atoms with van der Waals surface area (Å²) in [4.78, 5) is 23.1. The van der Waals surface area contributed by atoms with E-state index in [9.17, 15) is 9.59 Å². The SMILES string of the molecule is CC(C)n1cc(-n2ccc(=O)c(Cc3cccc(OC(N)=O)c3)n2)cn1. The van der Waals surface area contributed by atoms with Gasteiger partial charge in [0.15, 0.2) is 0 Å². The van der Waals surface area contributed by atoms with Crippen LogP contribution in [-0.2, 0) is 6.42 Å². The number of nitrogens with two attached hydrogens (primary N) is 1. The van der Waals surface area contributed by atoms with Crippen LogP contribution < -0.4 is 15.9 Å². The van der Waals surface area contributed by atoms with Crippen LogP contribution in [0, 0.1) is 0 Å². The second kappa shape index (κ2) is 7.22. The Kier molecular flexibility index (Phi) is 4.83. The van der Waals surface area contributed by atoms with Crippen molar-refractivity contribution in [3.8, 4) is 11.4 Å². The maximum Gasteiger partial charge on any atom is 0.409 e. The Bertz CT molecular complexity index is 990. The molecule has 0 unspecified atom stereocenters. The second-order valence-electron chi connectivity index (χ2n) is 6.09. The van der Waals surface area contributed by atoms with Crippen molar-refractivity contribution in [3.63, 3.8) is 0 Å². The molecule has 2 aromatic heterocycles. The summed E-state index contributed by atoms with van der Waals surface area (Å²) in [6.45, 7) is 4.06. The van der Waals surface area contributed by atoms with Crippen LogP contribution in [0.4, 0.5) is 4.79 Å². The minimum Gasteiger partial charge on any atom is -0.410 e. The number of carbonyl (C=O) groups is 1. The van der Waals surface area contributed by atoms with E-state index in [-0.39, 0.29) is 11.5 Å². The van der Waals surface area contributed by atoms with Gasteiger partial charge in [0.2, 0.25) is 5.43 Å². The zero-order valence-corrected chi connectivity index (χ0v) is 14.5. The van der Waals surface area contributed by atoms with E-state index in [1.165, 1.54) is 6.07 Å². The summed E-state index contributed by atoms with van der Waals surface area (Å²) in [6.07, 6.45) is 4.59. The molecule has 0 radical (unpaired) electrons. The Morgan fingerprint density at radius 2 is 2.12 bits per heavy atom. The number of carbonyl (C=O) groups excluding carboxylic acids is 1. The van der Waals surface area contributed by atoms with Crippen LogP contribution in [0.25, 0.3) is 5.69 Å². The van der Waals surface area contributed by atoms with Gasteiger partial charge in [-0.05, 0) is 31.5 Å². The normalized spacial score (nSPS) is 10.9. The van der Waals surface area contributed by atoms with Crippen LogP contribution in [-0.4, -0.2) is 25.7 Å². The Hall–Kier alpha value is -3.42. The highest BCUT2D eigenvalue weighted by Crippen LogP contribution is 2.15. The first-order valence-electron chi connectivity index (χ1n) is 8.12. The van der Waals surface area contributed by atoms with E-state index in [0.29, 0.717) is 17.9 Å². The van der Waals surface area contributed by atoms with E-state index < -0.39 is 6.09 Å². The first-order chi connectivity index (χ1) is 12.4. The fourth-order valence-corrected chi connectivity index (χ4v) is 2.47. The molecule has 0 saturated carbocycles. The molecule has 0 aliphatic heterocycles.